The Morgan fingerprint density at radius 1 is 1.47 bits per heavy atom. The number of carbonyl (C=O) groups excluding carboxylic acids is 1. The SMILES string of the molecule is CC(=O)Cc1cc(F)c(F)c([N+](=O)[O-])c1. The van der Waals surface area contributed by atoms with Crippen molar-refractivity contribution in [3.05, 3.63) is 39.4 Å². The Morgan fingerprint density at radius 2 is 2.07 bits per heavy atom. The molecule has 0 atom stereocenters. The minimum absolute atomic E-state index is 0.0908. The Bertz CT molecular complexity index is 432. The molecule has 15 heavy (non-hydrogen) atoms. The normalized spacial score (nSPS) is 10.1. The first-order chi connectivity index (χ1) is 6.91. The summed E-state index contributed by atoms with van der Waals surface area (Å²) < 4.78 is 25.7. The van der Waals surface area contributed by atoms with E-state index in [4.69, 9.17) is 0 Å². The van der Waals surface area contributed by atoms with Crippen molar-refractivity contribution >= 4 is 11.5 Å². The lowest BCUT2D eigenvalue weighted by Crippen LogP contribution is -2.01. The Balaban J connectivity index is 3.23. The minimum atomic E-state index is -1.51. The molecule has 6 heteroatoms. The van der Waals surface area contributed by atoms with Gasteiger partial charge in [0.25, 0.3) is 0 Å². The summed E-state index contributed by atoms with van der Waals surface area (Å²) in [4.78, 5) is 20.0. The summed E-state index contributed by atoms with van der Waals surface area (Å²) >= 11 is 0. The summed E-state index contributed by atoms with van der Waals surface area (Å²) in [6.07, 6.45) is -0.155. The van der Waals surface area contributed by atoms with Crippen LogP contribution in [0.3, 0.4) is 0 Å². The van der Waals surface area contributed by atoms with Gasteiger partial charge in [0.1, 0.15) is 5.78 Å². The molecule has 0 saturated carbocycles. The molecule has 80 valence electrons. The monoisotopic (exact) mass is 215 g/mol. The van der Waals surface area contributed by atoms with Crippen LogP contribution in [0.15, 0.2) is 12.1 Å². The number of carbonyl (C=O) groups is 1. The molecule has 0 aliphatic rings. The highest BCUT2D eigenvalue weighted by Gasteiger charge is 2.20. The molecule has 1 aromatic rings. The Kier molecular flexibility index (Phi) is 3.08. The predicted octanol–water partition coefficient (Wildman–Crippen LogP) is 2.00. The summed E-state index contributed by atoms with van der Waals surface area (Å²) in [5.41, 5.74) is -0.862. The fourth-order valence-corrected chi connectivity index (χ4v) is 1.15. The third-order valence-corrected chi connectivity index (χ3v) is 1.72. The lowest BCUT2D eigenvalue weighted by atomic mass is 10.1. The molecule has 0 radical (unpaired) electrons. The molecule has 0 fully saturated rings. The van der Waals surface area contributed by atoms with Gasteiger partial charge in [0.2, 0.25) is 5.82 Å². The van der Waals surface area contributed by atoms with E-state index in [9.17, 15) is 23.7 Å². The van der Waals surface area contributed by atoms with Gasteiger partial charge >= 0.3 is 5.69 Å². The molecule has 1 rings (SSSR count). The zero-order chi connectivity index (χ0) is 11.6. The van der Waals surface area contributed by atoms with Crippen LogP contribution in [0, 0.1) is 21.7 Å². The number of nitro groups is 1. The number of halogens is 2. The van der Waals surface area contributed by atoms with Gasteiger partial charge in [-0.25, -0.2) is 4.39 Å². The minimum Gasteiger partial charge on any atom is -0.300 e. The van der Waals surface area contributed by atoms with Crippen molar-refractivity contribution in [1.29, 1.82) is 0 Å². The summed E-state index contributed by atoms with van der Waals surface area (Å²) in [6.45, 7) is 1.26. The number of rotatable bonds is 3. The second kappa shape index (κ2) is 4.12. The molecule has 0 unspecified atom stereocenters. The van der Waals surface area contributed by atoms with Gasteiger partial charge in [-0.2, -0.15) is 4.39 Å². The van der Waals surface area contributed by atoms with Gasteiger partial charge < -0.3 is 0 Å². The molecule has 0 amide bonds. The van der Waals surface area contributed by atoms with Crippen LogP contribution in [-0.2, 0) is 11.2 Å². The predicted molar refractivity (Wildman–Crippen MR) is 47.4 cm³/mol. The van der Waals surface area contributed by atoms with Gasteiger partial charge in [-0.1, -0.05) is 0 Å². The van der Waals surface area contributed by atoms with Crippen LogP contribution in [0.4, 0.5) is 14.5 Å². The van der Waals surface area contributed by atoms with Crippen LogP contribution in [0.5, 0.6) is 0 Å². The number of benzene rings is 1. The third kappa shape index (κ3) is 2.55. The fraction of sp³-hybridized carbons (Fsp3) is 0.222. The first-order valence-corrected chi connectivity index (χ1v) is 4.03. The lowest BCUT2D eigenvalue weighted by molar-refractivity contribution is -0.387. The average Bonchev–Trinajstić information content (AvgIpc) is 2.09. The molecule has 0 aliphatic heterocycles. The largest absolute Gasteiger partial charge is 0.308 e. The van der Waals surface area contributed by atoms with Crippen LogP contribution in [0.2, 0.25) is 0 Å². The molecule has 0 aromatic heterocycles. The summed E-state index contributed by atoms with van der Waals surface area (Å²) in [6, 6.07) is 1.64. The van der Waals surface area contributed by atoms with E-state index in [1.54, 1.807) is 0 Å². The molecule has 0 N–H and O–H groups in total. The van der Waals surface area contributed by atoms with Gasteiger partial charge in [-0.3, -0.25) is 14.9 Å². The molecular weight excluding hydrogens is 208 g/mol. The van der Waals surface area contributed by atoms with Crippen molar-refractivity contribution < 1.29 is 18.5 Å². The van der Waals surface area contributed by atoms with Crippen LogP contribution >= 0.6 is 0 Å². The molecular formula is C9H7F2NO3. The Hall–Kier alpha value is -1.85. The molecule has 1 aromatic carbocycles. The number of nitro benzene ring substituents is 1. The van der Waals surface area contributed by atoms with E-state index in [0.29, 0.717) is 0 Å². The van der Waals surface area contributed by atoms with Gasteiger partial charge in [0.15, 0.2) is 5.82 Å². The van der Waals surface area contributed by atoms with Gasteiger partial charge in [0.05, 0.1) is 4.92 Å². The first-order valence-electron chi connectivity index (χ1n) is 4.03. The highest BCUT2D eigenvalue weighted by Crippen LogP contribution is 2.22. The van der Waals surface area contributed by atoms with Crippen molar-refractivity contribution in [3.63, 3.8) is 0 Å². The van der Waals surface area contributed by atoms with Crippen molar-refractivity contribution in [2.24, 2.45) is 0 Å². The van der Waals surface area contributed by atoms with E-state index < -0.39 is 22.2 Å². The number of hydrogen-bond donors (Lipinski definition) is 0. The molecule has 0 saturated heterocycles. The molecule has 0 spiro atoms. The maximum atomic E-state index is 12.9. The number of Topliss-reactive ketones (excluding diaryl/α,β-unsaturated/α-hetero) is 1. The van der Waals surface area contributed by atoms with Gasteiger partial charge in [-0.05, 0) is 18.6 Å². The Morgan fingerprint density at radius 3 is 2.53 bits per heavy atom. The van der Waals surface area contributed by atoms with E-state index in [-0.39, 0.29) is 17.8 Å². The van der Waals surface area contributed by atoms with Crippen LogP contribution < -0.4 is 0 Å². The fourth-order valence-electron chi connectivity index (χ4n) is 1.15. The summed E-state index contributed by atoms with van der Waals surface area (Å²) in [5, 5.41) is 10.3. The van der Waals surface area contributed by atoms with Crippen molar-refractivity contribution in [3.8, 4) is 0 Å². The van der Waals surface area contributed by atoms with Crippen molar-refractivity contribution in [2.75, 3.05) is 0 Å². The first kappa shape index (κ1) is 11.2. The number of ketones is 1. The average molecular weight is 215 g/mol. The topological polar surface area (TPSA) is 60.2 Å². The zero-order valence-electron chi connectivity index (χ0n) is 7.79. The molecule has 4 nitrogen and oxygen atoms in total. The maximum absolute atomic E-state index is 12.9. The standard InChI is InChI=1S/C9H7F2NO3/c1-5(13)2-6-3-7(10)9(11)8(4-6)12(14)15/h3-4H,2H2,1H3. The second-order valence-electron chi connectivity index (χ2n) is 3.05. The molecule has 0 bridgehead atoms. The summed E-state index contributed by atoms with van der Waals surface area (Å²) in [7, 11) is 0. The van der Waals surface area contributed by atoms with Crippen LogP contribution in [0.25, 0.3) is 0 Å². The van der Waals surface area contributed by atoms with E-state index in [1.807, 2.05) is 0 Å². The quantitative estimate of drug-likeness (QED) is 0.572. The van der Waals surface area contributed by atoms with E-state index >= 15 is 0 Å². The smallest absolute Gasteiger partial charge is 0.300 e. The van der Waals surface area contributed by atoms with Crippen molar-refractivity contribution in [2.45, 2.75) is 13.3 Å². The second-order valence-corrected chi connectivity index (χ2v) is 3.05. The third-order valence-electron chi connectivity index (χ3n) is 1.72. The van der Waals surface area contributed by atoms with E-state index in [0.717, 1.165) is 12.1 Å². The summed E-state index contributed by atoms with van der Waals surface area (Å²) in [5.74, 6) is -3.11. The van der Waals surface area contributed by atoms with Crippen LogP contribution in [0.1, 0.15) is 12.5 Å². The number of nitrogens with zero attached hydrogens (tertiary/aromatic N) is 1. The lowest BCUT2D eigenvalue weighted by Gasteiger charge is -2.00. The van der Waals surface area contributed by atoms with E-state index in [2.05, 4.69) is 0 Å². The maximum Gasteiger partial charge on any atom is 0.308 e. The Labute approximate surface area is 83.7 Å². The van der Waals surface area contributed by atoms with Crippen molar-refractivity contribution in [1.82, 2.24) is 0 Å². The zero-order valence-corrected chi connectivity index (χ0v) is 7.79. The van der Waals surface area contributed by atoms with E-state index in [1.165, 1.54) is 6.92 Å². The van der Waals surface area contributed by atoms with Gasteiger partial charge in [-0.15, -0.1) is 0 Å². The molecule has 0 aliphatic carbocycles. The van der Waals surface area contributed by atoms with Gasteiger partial charge in [0, 0.05) is 12.5 Å². The van der Waals surface area contributed by atoms with Crippen LogP contribution in [-0.4, -0.2) is 10.7 Å². The highest BCUT2D eigenvalue weighted by molar-refractivity contribution is 5.78. The number of hydrogen-bond acceptors (Lipinski definition) is 3. The highest BCUT2D eigenvalue weighted by atomic mass is 19.2. The molecule has 0 heterocycles.